The van der Waals surface area contributed by atoms with Gasteiger partial charge in [-0.3, -0.25) is 4.79 Å². The molecule has 94 valence electrons. The monoisotopic (exact) mass is 255 g/mol. The van der Waals surface area contributed by atoms with Crippen molar-refractivity contribution in [2.24, 2.45) is 0 Å². The van der Waals surface area contributed by atoms with Crippen molar-refractivity contribution in [2.75, 3.05) is 11.9 Å². The Morgan fingerprint density at radius 1 is 1.41 bits per heavy atom. The average Bonchev–Trinajstić information content (AvgIpc) is 2.78. The Morgan fingerprint density at radius 3 is 2.88 bits per heavy atom. The second-order valence-corrected chi connectivity index (χ2v) is 5.12. The molecule has 17 heavy (non-hydrogen) atoms. The molecule has 1 aliphatic carbocycles. The van der Waals surface area contributed by atoms with E-state index >= 15 is 0 Å². The number of hydrogen-bond acceptors (Lipinski definition) is 5. The first-order valence-electron chi connectivity index (χ1n) is 6.05. The zero-order valence-corrected chi connectivity index (χ0v) is 10.5. The third kappa shape index (κ3) is 3.66. The van der Waals surface area contributed by atoms with Crippen LogP contribution < -0.4 is 5.32 Å². The van der Waals surface area contributed by atoms with Crippen LogP contribution in [0.5, 0.6) is 0 Å². The van der Waals surface area contributed by atoms with Gasteiger partial charge in [0.25, 0.3) is 0 Å². The number of aliphatic carboxylic acids is 1. The van der Waals surface area contributed by atoms with Crippen LogP contribution in [0.15, 0.2) is 0 Å². The van der Waals surface area contributed by atoms with Gasteiger partial charge in [-0.05, 0) is 12.8 Å². The molecule has 2 N–H and O–H groups in total. The Morgan fingerprint density at radius 2 is 2.18 bits per heavy atom. The minimum absolute atomic E-state index is 0.109. The van der Waals surface area contributed by atoms with E-state index < -0.39 is 5.97 Å². The van der Waals surface area contributed by atoms with E-state index in [9.17, 15) is 4.79 Å². The van der Waals surface area contributed by atoms with Gasteiger partial charge in [-0.2, -0.15) is 4.37 Å². The Hall–Kier alpha value is -1.17. The summed E-state index contributed by atoms with van der Waals surface area (Å²) in [5.41, 5.74) is 0. The highest BCUT2D eigenvalue weighted by Crippen LogP contribution is 2.32. The molecule has 1 aliphatic rings. The zero-order chi connectivity index (χ0) is 12.1. The van der Waals surface area contributed by atoms with Crippen LogP contribution in [0.25, 0.3) is 0 Å². The number of rotatable bonds is 5. The number of carbonyl (C=O) groups is 1. The lowest BCUT2D eigenvalue weighted by molar-refractivity contribution is -0.136. The summed E-state index contributed by atoms with van der Waals surface area (Å²) in [5, 5.41) is 12.3. The molecule has 1 fully saturated rings. The van der Waals surface area contributed by atoms with Crippen LogP contribution in [0, 0.1) is 0 Å². The van der Waals surface area contributed by atoms with Gasteiger partial charge in [-0.15, -0.1) is 0 Å². The summed E-state index contributed by atoms with van der Waals surface area (Å²) < 4.78 is 4.36. The van der Waals surface area contributed by atoms with Gasteiger partial charge < -0.3 is 10.4 Å². The fraction of sp³-hybridized carbons (Fsp3) is 0.727. The number of aromatic nitrogens is 2. The number of nitrogens with one attached hydrogen (secondary N) is 1. The van der Waals surface area contributed by atoms with Crippen molar-refractivity contribution < 1.29 is 9.90 Å². The fourth-order valence-corrected chi connectivity index (χ4v) is 2.78. The van der Waals surface area contributed by atoms with E-state index in [0.717, 1.165) is 11.0 Å². The highest BCUT2D eigenvalue weighted by molar-refractivity contribution is 7.09. The fourth-order valence-electron chi connectivity index (χ4n) is 2.11. The maximum atomic E-state index is 10.4. The van der Waals surface area contributed by atoms with Crippen molar-refractivity contribution in [1.29, 1.82) is 0 Å². The van der Waals surface area contributed by atoms with Gasteiger partial charge in [0.15, 0.2) is 0 Å². The lowest BCUT2D eigenvalue weighted by Gasteiger charge is -2.18. The minimum Gasteiger partial charge on any atom is -0.481 e. The quantitative estimate of drug-likeness (QED) is 0.845. The largest absolute Gasteiger partial charge is 0.481 e. The van der Waals surface area contributed by atoms with Crippen LogP contribution >= 0.6 is 11.5 Å². The Labute approximate surface area is 104 Å². The highest BCUT2D eigenvalue weighted by Gasteiger charge is 2.19. The first-order valence-corrected chi connectivity index (χ1v) is 6.82. The van der Waals surface area contributed by atoms with Crippen LogP contribution in [0.1, 0.15) is 50.3 Å². The summed E-state index contributed by atoms with van der Waals surface area (Å²) in [6.07, 6.45) is 6.34. The van der Waals surface area contributed by atoms with Gasteiger partial charge in [0.05, 0.1) is 6.42 Å². The van der Waals surface area contributed by atoms with E-state index in [1.807, 2.05) is 0 Å². The number of hydrogen-bond donors (Lipinski definition) is 2. The average molecular weight is 255 g/mol. The van der Waals surface area contributed by atoms with E-state index in [-0.39, 0.29) is 6.42 Å². The first-order chi connectivity index (χ1) is 8.25. The molecule has 5 nitrogen and oxygen atoms in total. The Bertz CT molecular complexity index is 375. The molecule has 0 aromatic carbocycles. The van der Waals surface area contributed by atoms with E-state index in [1.165, 1.54) is 43.6 Å². The molecule has 0 amide bonds. The summed E-state index contributed by atoms with van der Waals surface area (Å²) in [6.45, 7) is 0.411. The molecule has 2 rings (SSSR count). The van der Waals surface area contributed by atoms with Crippen molar-refractivity contribution in [1.82, 2.24) is 9.36 Å². The number of carboxylic acids is 1. The molecule has 0 saturated heterocycles. The van der Waals surface area contributed by atoms with Crippen LogP contribution in [-0.2, 0) is 4.79 Å². The minimum atomic E-state index is -0.797. The third-order valence-electron chi connectivity index (χ3n) is 3.03. The number of nitrogens with zero attached hydrogens (tertiary/aromatic N) is 2. The molecule has 6 heteroatoms. The normalized spacial score (nSPS) is 16.9. The van der Waals surface area contributed by atoms with Crippen molar-refractivity contribution >= 4 is 22.6 Å². The second kappa shape index (κ2) is 5.95. The van der Waals surface area contributed by atoms with Gasteiger partial charge in [0.1, 0.15) is 5.82 Å². The van der Waals surface area contributed by atoms with Crippen LogP contribution in [0.3, 0.4) is 0 Å². The smallest absolute Gasteiger partial charge is 0.305 e. The summed E-state index contributed by atoms with van der Waals surface area (Å²) in [5.74, 6) is 0.650. The van der Waals surface area contributed by atoms with Gasteiger partial charge >= 0.3 is 5.97 Å². The van der Waals surface area contributed by atoms with Crippen molar-refractivity contribution in [2.45, 2.75) is 44.4 Å². The molecule has 0 bridgehead atoms. The molecule has 0 radical (unpaired) electrons. The van der Waals surface area contributed by atoms with Gasteiger partial charge in [0.2, 0.25) is 5.13 Å². The molecule has 1 aromatic rings. The first kappa shape index (κ1) is 12.3. The summed E-state index contributed by atoms with van der Waals surface area (Å²) >= 11 is 1.33. The Kier molecular flexibility index (Phi) is 4.30. The summed E-state index contributed by atoms with van der Waals surface area (Å²) in [6, 6.07) is 0. The van der Waals surface area contributed by atoms with Gasteiger partial charge in [-0.25, -0.2) is 4.98 Å². The molecular weight excluding hydrogens is 238 g/mol. The SMILES string of the molecule is O=C(O)CCNc1nc(C2CCCCC2)ns1. The lowest BCUT2D eigenvalue weighted by atomic mass is 9.89. The molecule has 1 aromatic heterocycles. The molecule has 0 atom stereocenters. The number of anilines is 1. The standard InChI is InChI=1S/C11H17N3O2S/c15-9(16)6-7-12-11-13-10(14-17-11)8-4-2-1-3-5-8/h8H,1-7H2,(H,15,16)(H,12,13,14). The van der Waals surface area contributed by atoms with Crippen molar-refractivity contribution in [3.63, 3.8) is 0 Å². The number of carboxylic acid groups (broad SMARTS) is 1. The summed E-state index contributed by atoms with van der Waals surface area (Å²) in [7, 11) is 0. The molecule has 0 spiro atoms. The lowest BCUT2D eigenvalue weighted by Crippen LogP contribution is -2.08. The van der Waals surface area contributed by atoms with Crippen LogP contribution in [0.2, 0.25) is 0 Å². The molecule has 0 unspecified atom stereocenters. The Balaban J connectivity index is 1.84. The second-order valence-electron chi connectivity index (χ2n) is 4.36. The van der Waals surface area contributed by atoms with Crippen LogP contribution in [-0.4, -0.2) is 27.0 Å². The van der Waals surface area contributed by atoms with Gasteiger partial charge in [-0.1, -0.05) is 19.3 Å². The maximum absolute atomic E-state index is 10.4. The van der Waals surface area contributed by atoms with Crippen molar-refractivity contribution in [3.8, 4) is 0 Å². The van der Waals surface area contributed by atoms with Gasteiger partial charge in [0, 0.05) is 24.0 Å². The molecule has 1 saturated carbocycles. The molecular formula is C11H17N3O2S. The maximum Gasteiger partial charge on any atom is 0.305 e. The molecule has 1 heterocycles. The highest BCUT2D eigenvalue weighted by atomic mass is 32.1. The van der Waals surface area contributed by atoms with E-state index in [4.69, 9.17) is 5.11 Å². The summed E-state index contributed by atoms with van der Waals surface area (Å²) in [4.78, 5) is 14.8. The third-order valence-corrected chi connectivity index (χ3v) is 3.71. The van der Waals surface area contributed by atoms with Crippen LogP contribution in [0.4, 0.5) is 5.13 Å². The predicted octanol–water partition coefficient (Wildman–Crippen LogP) is 2.47. The van der Waals surface area contributed by atoms with E-state index in [2.05, 4.69) is 14.7 Å². The topological polar surface area (TPSA) is 75.1 Å². The van der Waals surface area contributed by atoms with E-state index in [0.29, 0.717) is 12.5 Å². The molecule has 0 aliphatic heterocycles. The zero-order valence-electron chi connectivity index (χ0n) is 9.69. The predicted molar refractivity (Wildman–Crippen MR) is 66.5 cm³/mol. The van der Waals surface area contributed by atoms with Crippen molar-refractivity contribution in [3.05, 3.63) is 5.82 Å². The van der Waals surface area contributed by atoms with E-state index in [1.54, 1.807) is 0 Å².